The molecule has 0 aromatic heterocycles. The predicted octanol–water partition coefficient (Wildman–Crippen LogP) is -2.89. The number of nitrogens with zero attached hydrogens (tertiary/aromatic N) is 1. The summed E-state index contributed by atoms with van der Waals surface area (Å²) in [6, 6.07) is 1.83. The number of rotatable bonds is 6. The zero-order chi connectivity index (χ0) is 12.7. The van der Waals surface area contributed by atoms with Gasteiger partial charge in [-0.25, -0.2) is 0 Å². The second-order valence-electron chi connectivity index (χ2n) is 3.91. The molecule has 0 amide bonds. The minimum Gasteiger partial charge on any atom is -0.549 e. The summed E-state index contributed by atoms with van der Waals surface area (Å²) >= 11 is 0. The summed E-state index contributed by atoms with van der Waals surface area (Å²) in [4.78, 5) is 22.2. The number of hydrogen-bond donors (Lipinski definition) is 0. The smallest absolute Gasteiger partial charge is 0.549 e. The maximum Gasteiger partial charge on any atom is 1.00 e. The van der Waals surface area contributed by atoms with Crippen molar-refractivity contribution in [3.05, 3.63) is 0 Å². The van der Waals surface area contributed by atoms with E-state index in [0.29, 0.717) is 6.42 Å². The first-order valence-corrected chi connectivity index (χ1v) is 5.21. The largest absolute Gasteiger partial charge is 1.00 e. The average molecular weight is 265 g/mol. The van der Waals surface area contributed by atoms with E-state index in [-0.39, 0.29) is 63.9 Å². The van der Waals surface area contributed by atoms with Crippen LogP contribution in [0.4, 0.5) is 0 Å². The van der Waals surface area contributed by atoms with Crippen LogP contribution >= 0.6 is 0 Å². The molecule has 5 nitrogen and oxygen atoms in total. The Bertz CT molecular complexity index is 298. The number of carboxylic acid groups (broad SMARTS) is 1. The molecule has 0 aliphatic rings. The number of aliphatic carboxylic acids is 1. The van der Waals surface area contributed by atoms with Crippen molar-refractivity contribution in [2.45, 2.75) is 27.2 Å². The molecule has 0 saturated carbocycles. The van der Waals surface area contributed by atoms with Gasteiger partial charge in [-0.1, -0.05) is 13.8 Å². The van der Waals surface area contributed by atoms with Crippen molar-refractivity contribution in [1.29, 1.82) is 5.26 Å². The normalized spacial score (nSPS) is 13.1. The van der Waals surface area contributed by atoms with Gasteiger partial charge in [-0.3, -0.25) is 4.79 Å². The van der Waals surface area contributed by atoms with Gasteiger partial charge in [0.25, 0.3) is 0 Å². The van der Waals surface area contributed by atoms with Crippen LogP contribution in [0, 0.1) is 29.1 Å². The second kappa shape index (κ2) is 10.0. The Hall–Kier alpha value is 0.0664. The van der Waals surface area contributed by atoms with Gasteiger partial charge in [0, 0.05) is 0 Å². The van der Waals surface area contributed by atoms with Crippen molar-refractivity contribution in [3.8, 4) is 6.07 Å². The molecule has 0 aromatic carbocycles. The number of carbonyl (C=O) groups excluding carboxylic acids is 2. The van der Waals surface area contributed by atoms with E-state index in [1.165, 1.54) is 0 Å². The van der Waals surface area contributed by atoms with Crippen LogP contribution in [0.5, 0.6) is 0 Å². The van der Waals surface area contributed by atoms with Crippen LogP contribution in [0.3, 0.4) is 0 Å². The average Bonchev–Trinajstić information content (AvgIpc) is 2.15. The Morgan fingerprint density at radius 3 is 2.24 bits per heavy atom. The molecule has 6 heteroatoms. The summed E-state index contributed by atoms with van der Waals surface area (Å²) in [7, 11) is 0. The number of carbonyl (C=O) groups is 2. The Kier molecular flexibility index (Phi) is 11.5. The number of hydrogen-bond acceptors (Lipinski definition) is 5. The van der Waals surface area contributed by atoms with E-state index >= 15 is 0 Å². The SMILES string of the molecule is CCOC(=O)C(C(=O)[O-])[C@@H](C#N)CC(C)C.[K+]. The summed E-state index contributed by atoms with van der Waals surface area (Å²) in [5.41, 5.74) is 0. The molecule has 0 bridgehead atoms. The molecule has 0 saturated heterocycles. The molecule has 0 aliphatic heterocycles. The van der Waals surface area contributed by atoms with Gasteiger partial charge in [-0.05, 0) is 19.3 Å². The zero-order valence-corrected chi connectivity index (χ0v) is 13.8. The van der Waals surface area contributed by atoms with Crippen LogP contribution in [0.15, 0.2) is 0 Å². The fourth-order valence-corrected chi connectivity index (χ4v) is 1.43. The summed E-state index contributed by atoms with van der Waals surface area (Å²) in [6.07, 6.45) is 0.327. The quantitative estimate of drug-likeness (QED) is 0.292. The molecule has 0 fully saturated rings. The summed E-state index contributed by atoms with van der Waals surface area (Å²) in [5, 5.41) is 19.7. The molecule has 1 unspecified atom stereocenters. The molecule has 0 aromatic rings. The maximum absolute atomic E-state index is 11.4. The van der Waals surface area contributed by atoms with Gasteiger partial charge < -0.3 is 14.6 Å². The number of nitriles is 1. The first kappa shape index (κ1) is 19.4. The van der Waals surface area contributed by atoms with Crippen LogP contribution in [-0.4, -0.2) is 18.5 Å². The molecule has 0 heterocycles. The van der Waals surface area contributed by atoms with Gasteiger partial charge in [0.2, 0.25) is 0 Å². The summed E-state index contributed by atoms with van der Waals surface area (Å²) < 4.78 is 4.62. The first-order valence-electron chi connectivity index (χ1n) is 5.21. The number of ether oxygens (including phenoxy) is 1. The van der Waals surface area contributed by atoms with E-state index in [2.05, 4.69) is 4.74 Å². The number of esters is 1. The first-order chi connectivity index (χ1) is 7.43. The van der Waals surface area contributed by atoms with Crippen LogP contribution in [-0.2, 0) is 14.3 Å². The van der Waals surface area contributed by atoms with Crippen LogP contribution < -0.4 is 56.5 Å². The predicted molar refractivity (Wildman–Crippen MR) is 53.7 cm³/mol. The molecule has 0 aliphatic carbocycles. The molecule has 0 N–H and O–H groups in total. The van der Waals surface area contributed by atoms with Crippen LogP contribution in [0.25, 0.3) is 0 Å². The summed E-state index contributed by atoms with van der Waals surface area (Å²) in [5.74, 6) is -4.71. The van der Waals surface area contributed by atoms with Crippen LogP contribution in [0.1, 0.15) is 27.2 Å². The van der Waals surface area contributed by atoms with Gasteiger partial charge in [0.15, 0.2) is 0 Å². The molecule has 17 heavy (non-hydrogen) atoms. The van der Waals surface area contributed by atoms with Gasteiger partial charge in [-0.15, -0.1) is 0 Å². The standard InChI is InChI=1S/C11H17NO4.K/c1-4-16-11(15)9(10(13)14)8(6-12)5-7(2)3;/h7-9H,4-5H2,1-3H3,(H,13,14);/q;+1/p-1/t8-,9?;/m1./s1. The van der Waals surface area contributed by atoms with Crippen molar-refractivity contribution < 1.29 is 70.8 Å². The summed E-state index contributed by atoms with van der Waals surface area (Å²) in [6.45, 7) is 5.36. The van der Waals surface area contributed by atoms with Crippen molar-refractivity contribution in [3.63, 3.8) is 0 Å². The van der Waals surface area contributed by atoms with Crippen molar-refractivity contribution in [2.75, 3.05) is 6.61 Å². The molecule has 0 spiro atoms. The Morgan fingerprint density at radius 2 is 1.94 bits per heavy atom. The third-order valence-corrected chi connectivity index (χ3v) is 2.09. The van der Waals surface area contributed by atoms with Gasteiger partial charge in [-0.2, -0.15) is 5.26 Å². The zero-order valence-electron chi connectivity index (χ0n) is 10.7. The Morgan fingerprint density at radius 1 is 1.41 bits per heavy atom. The third kappa shape index (κ3) is 7.16. The molecule has 0 radical (unpaired) electrons. The van der Waals surface area contributed by atoms with E-state index in [0.717, 1.165) is 0 Å². The fraction of sp³-hybridized carbons (Fsp3) is 0.727. The van der Waals surface area contributed by atoms with Crippen molar-refractivity contribution >= 4 is 11.9 Å². The number of carboxylic acids is 1. The van der Waals surface area contributed by atoms with Gasteiger partial charge in [0.1, 0.15) is 5.92 Å². The van der Waals surface area contributed by atoms with Gasteiger partial charge >= 0.3 is 57.4 Å². The van der Waals surface area contributed by atoms with Crippen LogP contribution in [0.2, 0.25) is 0 Å². The Labute approximate surface area is 144 Å². The van der Waals surface area contributed by atoms with E-state index < -0.39 is 23.8 Å². The monoisotopic (exact) mass is 265 g/mol. The van der Waals surface area contributed by atoms with E-state index in [1.807, 2.05) is 19.9 Å². The topological polar surface area (TPSA) is 90.2 Å². The van der Waals surface area contributed by atoms with Gasteiger partial charge in [0.05, 0.1) is 24.6 Å². The fourth-order valence-electron chi connectivity index (χ4n) is 1.43. The minimum absolute atomic E-state index is 0. The van der Waals surface area contributed by atoms with E-state index in [1.54, 1.807) is 6.92 Å². The second-order valence-corrected chi connectivity index (χ2v) is 3.91. The van der Waals surface area contributed by atoms with Crippen molar-refractivity contribution in [2.24, 2.45) is 17.8 Å². The van der Waals surface area contributed by atoms with Crippen molar-refractivity contribution in [1.82, 2.24) is 0 Å². The molecule has 90 valence electrons. The van der Waals surface area contributed by atoms with E-state index in [4.69, 9.17) is 5.26 Å². The van der Waals surface area contributed by atoms with E-state index in [9.17, 15) is 14.7 Å². The Balaban J connectivity index is 0. The molecule has 0 rings (SSSR count). The molecular weight excluding hydrogens is 249 g/mol. The third-order valence-electron chi connectivity index (χ3n) is 2.09. The minimum atomic E-state index is -1.55. The molecular formula is C11H16KNO4. The molecule has 2 atom stereocenters. The maximum atomic E-state index is 11.4.